The highest BCUT2D eigenvalue weighted by Crippen LogP contribution is 2.51. The smallest absolute Gasteiger partial charge is 0.319 e. The predicted molar refractivity (Wildman–Crippen MR) is 69.7 cm³/mol. The number of rotatable bonds is 6. The first-order chi connectivity index (χ1) is 8.96. The van der Waals surface area contributed by atoms with E-state index in [0.29, 0.717) is 12.8 Å². The Morgan fingerprint density at radius 1 is 1.32 bits per heavy atom. The summed E-state index contributed by atoms with van der Waals surface area (Å²) in [7, 11) is 1.70. The Labute approximate surface area is 113 Å². The van der Waals surface area contributed by atoms with Gasteiger partial charge >= 0.3 is 5.97 Å². The van der Waals surface area contributed by atoms with Gasteiger partial charge in [0.2, 0.25) is 5.91 Å². The Balaban J connectivity index is 2.04. The van der Waals surface area contributed by atoms with Crippen LogP contribution in [0, 0.1) is 10.8 Å². The van der Waals surface area contributed by atoms with E-state index in [0.717, 1.165) is 19.3 Å². The summed E-state index contributed by atoms with van der Waals surface area (Å²) >= 11 is 0. The van der Waals surface area contributed by atoms with E-state index in [-0.39, 0.29) is 23.5 Å². The van der Waals surface area contributed by atoms with E-state index in [4.69, 9.17) is 9.84 Å². The molecule has 2 saturated carbocycles. The van der Waals surface area contributed by atoms with Crippen LogP contribution in [0.2, 0.25) is 0 Å². The average Bonchev–Trinajstić information content (AvgIpc) is 3.16. The van der Waals surface area contributed by atoms with Crippen LogP contribution in [0.3, 0.4) is 0 Å². The molecule has 2 atom stereocenters. The highest BCUT2D eigenvalue weighted by molar-refractivity contribution is 6.05. The molecule has 0 radical (unpaired) electrons. The molecule has 0 saturated heterocycles. The molecule has 0 spiro atoms. The van der Waals surface area contributed by atoms with Gasteiger partial charge in [-0.15, -0.1) is 0 Å². The summed E-state index contributed by atoms with van der Waals surface area (Å²) in [4.78, 5) is 23.3. The molecule has 0 bridgehead atoms. The van der Waals surface area contributed by atoms with Crippen LogP contribution in [0.1, 0.15) is 46.0 Å². The zero-order valence-electron chi connectivity index (χ0n) is 11.9. The lowest BCUT2D eigenvalue weighted by Gasteiger charge is -2.55. The van der Waals surface area contributed by atoms with Crippen molar-refractivity contribution in [3.8, 4) is 0 Å². The molecule has 5 nitrogen and oxygen atoms in total. The fourth-order valence-electron chi connectivity index (χ4n) is 3.44. The molecule has 0 heterocycles. The van der Waals surface area contributed by atoms with Crippen LogP contribution in [-0.2, 0) is 14.3 Å². The summed E-state index contributed by atoms with van der Waals surface area (Å²) in [6, 6.07) is 0.0387. The summed E-state index contributed by atoms with van der Waals surface area (Å²) in [6.07, 6.45) is 3.70. The van der Waals surface area contributed by atoms with Crippen molar-refractivity contribution in [2.75, 3.05) is 7.11 Å². The second-order valence-corrected chi connectivity index (χ2v) is 5.81. The first kappa shape index (κ1) is 14.3. The number of aliphatic carboxylic acids is 1. The van der Waals surface area contributed by atoms with E-state index < -0.39 is 11.4 Å². The van der Waals surface area contributed by atoms with Crippen molar-refractivity contribution in [3.05, 3.63) is 0 Å². The van der Waals surface area contributed by atoms with Crippen molar-refractivity contribution in [2.45, 2.75) is 58.1 Å². The van der Waals surface area contributed by atoms with Gasteiger partial charge in [0.25, 0.3) is 0 Å². The third-order valence-electron chi connectivity index (χ3n) is 5.29. The minimum atomic E-state index is -1.15. The van der Waals surface area contributed by atoms with Crippen molar-refractivity contribution >= 4 is 11.9 Å². The van der Waals surface area contributed by atoms with E-state index in [2.05, 4.69) is 19.2 Å². The van der Waals surface area contributed by atoms with Gasteiger partial charge in [-0.3, -0.25) is 9.59 Å². The van der Waals surface area contributed by atoms with Crippen LogP contribution >= 0.6 is 0 Å². The minimum Gasteiger partial charge on any atom is -0.480 e. The number of hydrogen-bond donors (Lipinski definition) is 2. The second-order valence-electron chi connectivity index (χ2n) is 5.81. The Kier molecular flexibility index (Phi) is 3.60. The number of carbonyl (C=O) groups excluding carboxylic acids is 1. The van der Waals surface area contributed by atoms with Gasteiger partial charge in [-0.2, -0.15) is 0 Å². The largest absolute Gasteiger partial charge is 0.480 e. The van der Waals surface area contributed by atoms with Gasteiger partial charge in [0, 0.05) is 18.6 Å². The van der Waals surface area contributed by atoms with Crippen molar-refractivity contribution in [1.29, 1.82) is 0 Å². The topological polar surface area (TPSA) is 75.6 Å². The summed E-state index contributed by atoms with van der Waals surface area (Å²) in [5.41, 5.74) is -1.19. The molecule has 2 aliphatic carbocycles. The molecular weight excluding hydrogens is 246 g/mol. The van der Waals surface area contributed by atoms with Gasteiger partial charge in [0.15, 0.2) is 0 Å². The van der Waals surface area contributed by atoms with Crippen LogP contribution < -0.4 is 5.32 Å². The van der Waals surface area contributed by atoms with Crippen LogP contribution in [0.15, 0.2) is 0 Å². The normalized spacial score (nSPS) is 30.3. The van der Waals surface area contributed by atoms with Gasteiger partial charge in [0.1, 0.15) is 5.41 Å². The third-order valence-corrected chi connectivity index (χ3v) is 5.29. The maximum Gasteiger partial charge on any atom is 0.319 e. The van der Waals surface area contributed by atoms with E-state index in [1.165, 1.54) is 0 Å². The third kappa shape index (κ3) is 1.95. The predicted octanol–water partition coefficient (Wildman–Crippen LogP) is 1.56. The first-order valence-corrected chi connectivity index (χ1v) is 7.04. The molecule has 0 aliphatic heterocycles. The SMILES string of the molecule is CCC1(CC)[C@@H](NC(=O)C2(C(=O)O)CC2)C[C@H]1OC. The number of methoxy groups -OCH3 is 1. The van der Waals surface area contributed by atoms with E-state index in [9.17, 15) is 9.59 Å². The Morgan fingerprint density at radius 2 is 1.89 bits per heavy atom. The molecule has 19 heavy (non-hydrogen) atoms. The van der Waals surface area contributed by atoms with E-state index in [1.807, 2.05) is 0 Å². The fraction of sp³-hybridized carbons (Fsp3) is 0.857. The van der Waals surface area contributed by atoms with Crippen molar-refractivity contribution in [3.63, 3.8) is 0 Å². The molecular formula is C14H23NO4. The maximum atomic E-state index is 12.2. The average molecular weight is 269 g/mol. The van der Waals surface area contributed by atoms with E-state index in [1.54, 1.807) is 7.11 Å². The second kappa shape index (κ2) is 4.78. The molecule has 2 N–H and O–H groups in total. The number of amides is 1. The lowest BCUT2D eigenvalue weighted by molar-refractivity contribution is -0.155. The molecule has 5 heteroatoms. The molecule has 0 aromatic heterocycles. The molecule has 108 valence electrons. The number of carboxylic acids is 1. The highest BCUT2D eigenvalue weighted by atomic mass is 16.5. The first-order valence-electron chi connectivity index (χ1n) is 7.04. The van der Waals surface area contributed by atoms with Crippen LogP contribution in [0.25, 0.3) is 0 Å². The van der Waals surface area contributed by atoms with E-state index >= 15 is 0 Å². The van der Waals surface area contributed by atoms with Gasteiger partial charge < -0.3 is 15.2 Å². The van der Waals surface area contributed by atoms with Crippen LogP contribution in [0.4, 0.5) is 0 Å². The number of hydrogen-bond acceptors (Lipinski definition) is 3. The highest BCUT2D eigenvalue weighted by Gasteiger charge is 2.60. The lowest BCUT2D eigenvalue weighted by atomic mass is 9.58. The standard InChI is InChI=1S/C14H23NO4/c1-4-13(5-2)9(8-10(13)19-3)15-11(16)14(6-7-14)12(17)18/h9-10H,4-8H2,1-3H3,(H,15,16)(H,17,18)/t9-,10+/m0/s1. The molecule has 0 unspecified atom stereocenters. The number of carbonyl (C=O) groups is 2. The van der Waals surface area contributed by atoms with Crippen LogP contribution in [0.5, 0.6) is 0 Å². The zero-order valence-corrected chi connectivity index (χ0v) is 11.9. The molecule has 1 amide bonds. The minimum absolute atomic E-state index is 0.0387. The van der Waals surface area contributed by atoms with Gasteiger partial charge in [-0.1, -0.05) is 13.8 Å². The van der Waals surface area contributed by atoms with Gasteiger partial charge in [0.05, 0.1) is 6.10 Å². The Morgan fingerprint density at radius 3 is 2.26 bits per heavy atom. The summed E-state index contributed by atoms with van der Waals surface area (Å²) in [5.74, 6) is -1.31. The van der Waals surface area contributed by atoms with Crippen molar-refractivity contribution in [2.24, 2.45) is 10.8 Å². The summed E-state index contributed by atoms with van der Waals surface area (Å²) in [5, 5.41) is 12.1. The summed E-state index contributed by atoms with van der Waals surface area (Å²) in [6.45, 7) is 4.19. The van der Waals surface area contributed by atoms with Gasteiger partial charge in [-0.05, 0) is 32.1 Å². The van der Waals surface area contributed by atoms with Crippen LogP contribution in [-0.4, -0.2) is 36.2 Å². The number of ether oxygens (including phenoxy) is 1. The number of carboxylic acid groups (broad SMARTS) is 1. The molecule has 0 aromatic carbocycles. The molecule has 2 aliphatic rings. The summed E-state index contributed by atoms with van der Waals surface area (Å²) < 4.78 is 5.48. The Bertz CT molecular complexity index is 385. The molecule has 0 aromatic rings. The van der Waals surface area contributed by atoms with Crippen molar-refractivity contribution in [1.82, 2.24) is 5.32 Å². The fourth-order valence-corrected chi connectivity index (χ4v) is 3.44. The number of nitrogens with one attached hydrogen (secondary N) is 1. The van der Waals surface area contributed by atoms with Gasteiger partial charge in [-0.25, -0.2) is 0 Å². The maximum absolute atomic E-state index is 12.2. The lowest BCUT2D eigenvalue weighted by Crippen LogP contribution is -2.65. The monoisotopic (exact) mass is 269 g/mol. The molecule has 2 fully saturated rings. The zero-order chi connectivity index (χ0) is 14.3. The quantitative estimate of drug-likeness (QED) is 0.718. The Hall–Kier alpha value is -1.10. The molecule has 2 rings (SSSR count). The van der Waals surface area contributed by atoms with Crippen molar-refractivity contribution < 1.29 is 19.4 Å².